The molecule has 0 bridgehead atoms. The molecule has 2 rings (SSSR count). The van der Waals surface area contributed by atoms with Gasteiger partial charge in [0.15, 0.2) is 5.82 Å². The van der Waals surface area contributed by atoms with E-state index in [9.17, 15) is 4.39 Å². The average molecular weight is 281 g/mol. The van der Waals surface area contributed by atoms with Gasteiger partial charge < -0.3 is 14.3 Å². The van der Waals surface area contributed by atoms with E-state index in [2.05, 4.69) is 4.98 Å². The second-order valence-electron chi connectivity index (χ2n) is 5.59. The van der Waals surface area contributed by atoms with Gasteiger partial charge in [0, 0.05) is 6.20 Å². The van der Waals surface area contributed by atoms with Gasteiger partial charge in [0.25, 0.3) is 0 Å². The van der Waals surface area contributed by atoms with E-state index in [1.165, 1.54) is 6.07 Å². The Balaban J connectivity index is 2.12. The minimum atomic E-state index is -0.439. The van der Waals surface area contributed by atoms with Crippen molar-refractivity contribution in [1.82, 2.24) is 4.98 Å². The third-order valence-corrected chi connectivity index (χ3v) is 3.91. The molecule has 0 saturated carbocycles. The maximum Gasteiger partial charge on any atom is 0.487 e. The highest BCUT2D eigenvalue weighted by Crippen LogP contribution is 2.36. The molecule has 1 aliphatic rings. The van der Waals surface area contributed by atoms with E-state index < -0.39 is 12.9 Å². The molecule has 0 aromatic carbocycles. The summed E-state index contributed by atoms with van der Waals surface area (Å²) in [7, 11) is -0.434. The van der Waals surface area contributed by atoms with E-state index in [1.54, 1.807) is 18.2 Å². The predicted molar refractivity (Wildman–Crippen MR) is 76.7 cm³/mol. The lowest BCUT2D eigenvalue weighted by atomic mass is 9.89. The maximum absolute atomic E-state index is 13.3. The number of aromatic amines is 1. The van der Waals surface area contributed by atoms with Crippen LogP contribution in [-0.4, -0.2) is 23.3 Å². The van der Waals surface area contributed by atoms with Crippen molar-refractivity contribution in [2.45, 2.75) is 38.9 Å². The zero-order chi connectivity index (χ0) is 14.3. The number of hydrogen-bond donors (Lipinski definition) is 1. The van der Waals surface area contributed by atoms with E-state index >= 15 is 0 Å². The second-order valence-corrected chi connectivity index (χ2v) is 6.00. The fourth-order valence-corrected chi connectivity index (χ4v) is 1.84. The third kappa shape index (κ3) is 2.96. The van der Waals surface area contributed by atoms with Gasteiger partial charge in [-0.2, -0.15) is 0 Å². The highest BCUT2D eigenvalue weighted by Gasteiger charge is 2.49. The quantitative estimate of drug-likeness (QED) is 0.665. The molecule has 1 fully saturated rings. The SMILES string of the molecule is CC1(C)OB(/C=C/c2c[nH]c(=S)c(F)c2)OC1(C)C. The molecule has 1 aromatic rings. The first-order valence-electron chi connectivity index (χ1n) is 6.13. The Morgan fingerprint density at radius 3 is 2.37 bits per heavy atom. The van der Waals surface area contributed by atoms with Crippen LogP contribution in [0.5, 0.6) is 0 Å². The second kappa shape index (κ2) is 4.85. The van der Waals surface area contributed by atoms with Gasteiger partial charge >= 0.3 is 7.12 Å². The van der Waals surface area contributed by atoms with Crippen molar-refractivity contribution in [3.8, 4) is 0 Å². The molecule has 1 aliphatic heterocycles. The Morgan fingerprint density at radius 2 is 1.84 bits per heavy atom. The number of hydrogen-bond acceptors (Lipinski definition) is 3. The van der Waals surface area contributed by atoms with Crippen LogP contribution in [0, 0.1) is 10.5 Å². The number of halogens is 1. The summed E-state index contributed by atoms with van der Waals surface area (Å²) in [6.45, 7) is 7.95. The Kier molecular flexibility index (Phi) is 3.68. The van der Waals surface area contributed by atoms with Crippen molar-refractivity contribution in [2.24, 2.45) is 0 Å². The zero-order valence-electron chi connectivity index (χ0n) is 11.5. The molecule has 19 heavy (non-hydrogen) atoms. The summed E-state index contributed by atoms with van der Waals surface area (Å²) in [5, 5.41) is 0. The largest absolute Gasteiger partial charge is 0.487 e. The summed E-state index contributed by atoms with van der Waals surface area (Å²) >= 11 is 4.76. The first-order chi connectivity index (χ1) is 8.71. The maximum atomic E-state index is 13.3. The van der Waals surface area contributed by atoms with Gasteiger partial charge in [-0.15, -0.1) is 0 Å². The molecule has 2 heterocycles. The van der Waals surface area contributed by atoms with Crippen molar-refractivity contribution in [1.29, 1.82) is 0 Å². The summed E-state index contributed by atoms with van der Waals surface area (Å²) in [6.07, 6.45) is 3.39. The Bertz CT molecular complexity index is 552. The highest BCUT2D eigenvalue weighted by molar-refractivity contribution is 7.71. The summed E-state index contributed by atoms with van der Waals surface area (Å²) in [6, 6.07) is 1.38. The third-order valence-electron chi connectivity index (χ3n) is 3.60. The molecule has 102 valence electrons. The molecule has 0 radical (unpaired) electrons. The molecule has 0 atom stereocenters. The minimum Gasteiger partial charge on any atom is -0.400 e. The van der Waals surface area contributed by atoms with Crippen LogP contribution in [0.4, 0.5) is 4.39 Å². The molecule has 3 nitrogen and oxygen atoms in total. The molecule has 0 spiro atoms. The predicted octanol–water partition coefficient (Wildman–Crippen LogP) is 3.53. The monoisotopic (exact) mass is 281 g/mol. The van der Waals surface area contributed by atoms with Crippen LogP contribution >= 0.6 is 12.2 Å². The topological polar surface area (TPSA) is 34.2 Å². The van der Waals surface area contributed by atoms with Crippen LogP contribution in [0.25, 0.3) is 6.08 Å². The number of nitrogens with one attached hydrogen (secondary N) is 1. The summed E-state index contributed by atoms with van der Waals surface area (Å²) < 4.78 is 25.0. The number of rotatable bonds is 2. The van der Waals surface area contributed by atoms with Crippen LogP contribution in [-0.2, 0) is 9.31 Å². The van der Waals surface area contributed by atoms with E-state index in [-0.39, 0.29) is 15.8 Å². The Morgan fingerprint density at radius 1 is 1.26 bits per heavy atom. The Labute approximate surface area is 118 Å². The van der Waals surface area contributed by atoms with Crippen molar-refractivity contribution in [3.63, 3.8) is 0 Å². The van der Waals surface area contributed by atoms with Crippen LogP contribution in [0.3, 0.4) is 0 Å². The number of aromatic nitrogens is 1. The smallest absolute Gasteiger partial charge is 0.400 e. The minimum absolute atomic E-state index is 0.104. The number of H-pyrrole nitrogens is 1. The lowest BCUT2D eigenvalue weighted by molar-refractivity contribution is 0.00578. The van der Waals surface area contributed by atoms with Crippen molar-refractivity contribution >= 4 is 25.4 Å². The first kappa shape index (κ1) is 14.4. The standard InChI is InChI=1S/C13H17BFNO2S/c1-12(2)13(3,4)18-14(17-12)6-5-9-7-10(15)11(19)16-8-9/h5-8H,1-4H3,(H,16,19)/b6-5+. The normalized spacial score (nSPS) is 21.2. The van der Waals surface area contributed by atoms with Gasteiger partial charge in [0.2, 0.25) is 0 Å². The van der Waals surface area contributed by atoms with Crippen LogP contribution in [0.15, 0.2) is 18.2 Å². The Hall–Kier alpha value is -0.975. The van der Waals surface area contributed by atoms with Crippen molar-refractivity contribution < 1.29 is 13.7 Å². The zero-order valence-corrected chi connectivity index (χ0v) is 12.3. The fraction of sp³-hybridized carbons (Fsp3) is 0.462. The summed E-state index contributed by atoms with van der Waals surface area (Å²) in [5.74, 6) is 1.33. The first-order valence-corrected chi connectivity index (χ1v) is 6.54. The molecule has 1 aromatic heterocycles. The molecule has 6 heteroatoms. The number of pyridine rings is 1. The van der Waals surface area contributed by atoms with Gasteiger partial charge in [-0.05, 0) is 39.3 Å². The fourth-order valence-electron chi connectivity index (χ4n) is 1.72. The summed E-state index contributed by atoms with van der Waals surface area (Å²) in [5.41, 5.74) is -0.0610. The lowest BCUT2D eigenvalue weighted by Gasteiger charge is -2.32. The van der Waals surface area contributed by atoms with Crippen molar-refractivity contribution in [3.05, 3.63) is 34.3 Å². The van der Waals surface area contributed by atoms with Gasteiger partial charge in [-0.1, -0.05) is 24.3 Å². The molecular formula is C13H17BFNO2S. The van der Waals surface area contributed by atoms with Gasteiger partial charge in [-0.25, -0.2) is 4.39 Å². The van der Waals surface area contributed by atoms with Gasteiger partial charge in [-0.3, -0.25) is 0 Å². The highest BCUT2D eigenvalue weighted by atomic mass is 32.1. The molecule has 0 unspecified atom stereocenters. The van der Waals surface area contributed by atoms with E-state index in [1.807, 2.05) is 27.7 Å². The van der Waals surface area contributed by atoms with Gasteiger partial charge in [0.05, 0.1) is 11.2 Å². The average Bonchev–Trinajstić information content (AvgIpc) is 2.49. The summed E-state index contributed by atoms with van der Waals surface area (Å²) in [4.78, 5) is 2.68. The molecule has 0 amide bonds. The van der Waals surface area contributed by atoms with Crippen LogP contribution < -0.4 is 0 Å². The molecule has 0 aliphatic carbocycles. The van der Waals surface area contributed by atoms with E-state index in [0.717, 1.165) is 0 Å². The lowest BCUT2D eigenvalue weighted by Crippen LogP contribution is -2.41. The van der Waals surface area contributed by atoms with Crippen molar-refractivity contribution in [2.75, 3.05) is 0 Å². The molecule has 1 saturated heterocycles. The molecular weight excluding hydrogens is 264 g/mol. The van der Waals surface area contributed by atoms with Gasteiger partial charge in [0.1, 0.15) is 4.64 Å². The molecule has 1 N–H and O–H groups in total. The van der Waals surface area contributed by atoms with E-state index in [0.29, 0.717) is 5.56 Å². The van der Waals surface area contributed by atoms with Crippen LogP contribution in [0.1, 0.15) is 33.3 Å². The van der Waals surface area contributed by atoms with E-state index in [4.69, 9.17) is 21.5 Å². The van der Waals surface area contributed by atoms with Crippen LogP contribution in [0.2, 0.25) is 0 Å².